The zero-order chi connectivity index (χ0) is 13.6. The fraction of sp³-hybridized carbons (Fsp3) is 0.353. The summed E-state index contributed by atoms with van der Waals surface area (Å²) in [4.78, 5) is 12.3. The predicted octanol–water partition coefficient (Wildman–Crippen LogP) is 3.74. The van der Waals surface area contributed by atoms with Crippen molar-refractivity contribution in [3.63, 3.8) is 0 Å². The Labute approximate surface area is 114 Å². The molecule has 0 spiro atoms. The highest BCUT2D eigenvalue weighted by Crippen LogP contribution is 2.37. The van der Waals surface area contributed by atoms with E-state index in [0.29, 0.717) is 6.42 Å². The van der Waals surface area contributed by atoms with Crippen molar-refractivity contribution in [1.82, 2.24) is 4.57 Å². The van der Waals surface area contributed by atoms with Crippen molar-refractivity contribution in [3.05, 3.63) is 53.3 Å². The Morgan fingerprint density at radius 3 is 2.58 bits per heavy atom. The monoisotopic (exact) mass is 252 g/mol. The van der Waals surface area contributed by atoms with Gasteiger partial charge in [0.25, 0.3) is 0 Å². The van der Waals surface area contributed by atoms with Crippen molar-refractivity contribution in [2.45, 2.75) is 33.6 Å². The number of hydrogen-bond donors (Lipinski definition) is 0. The molecule has 1 aliphatic rings. The van der Waals surface area contributed by atoms with E-state index in [-0.39, 0.29) is 11.2 Å². The first-order valence-electron chi connectivity index (χ1n) is 6.69. The van der Waals surface area contributed by atoms with Gasteiger partial charge in [0.2, 0.25) is 0 Å². The Bertz CT molecular complexity index is 635. The van der Waals surface area contributed by atoms with Crippen LogP contribution in [0, 0.1) is 18.4 Å². The van der Waals surface area contributed by atoms with E-state index in [1.165, 1.54) is 0 Å². The molecular weight excluding hydrogens is 234 g/mol. The molecule has 97 valence electrons. The molecule has 0 aliphatic heterocycles. The van der Waals surface area contributed by atoms with Gasteiger partial charge >= 0.3 is 0 Å². The summed E-state index contributed by atoms with van der Waals surface area (Å²) in [5.74, 6) is 0.274. The molecule has 0 fully saturated rings. The third kappa shape index (κ3) is 2.01. The molecule has 1 heterocycles. The fourth-order valence-electron chi connectivity index (χ4n) is 3.04. The van der Waals surface area contributed by atoms with Crippen molar-refractivity contribution in [2.24, 2.45) is 5.41 Å². The maximum Gasteiger partial charge on any atom is 0.165 e. The summed E-state index contributed by atoms with van der Waals surface area (Å²) in [7, 11) is 0. The highest BCUT2D eigenvalue weighted by atomic mass is 16.1. The Hall–Kier alpha value is -1.83. The molecule has 2 aromatic rings. The van der Waals surface area contributed by atoms with Gasteiger partial charge in [-0.1, -0.05) is 26.0 Å². The summed E-state index contributed by atoms with van der Waals surface area (Å²) in [6.07, 6.45) is 1.59. The molecule has 19 heavy (non-hydrogen) atoms. The summed E-state index contributed by atoms with van der Waals surface area (Å²) >= 11 is 0. The van der Waals surface area contributed by atoms with Gasteiger partial charge in [0.05, 0.1) is 0 Å². The number of hydrogen-bond acceptors (Lipinski definition) is 1. The van der Waals surface area contributed by atoms with E-state index in [2.05, 4.69) is 31.4 Å². The van der Waals surface area contributed by atoms with E-state index in [1.807, 2.05) is 30.3 Å². The lowest BCUT2D eigenvalue weighted by Gasteiger charge is -2.29. The standard InChI is InChI=1S/C17H18NO/c1-12-9-14-15(10-17(2,3)11-16(14)19)18(12)13-7-5-4-6-8-13/h5-9H,10-11H2,1-3H3. The molecule has 0 unspecified atom stereocenters. The molecule has 1 radical (unpaired) electrons. The molecule has 0 saturated carbocycles. The van der Waals surface area contributed by atoms with Crippen LogP contribution in [0.4, 0.5) is 0 Å². The van der Waals surface area contributed by atoms with E-state index in [1.54, 1.807) is 0 Å². The topological polar surface area (TPSA) is 22.0 Å². The summed E-state index contributed by atoms with van der Waals surface area (Å²) in [6.45, 7) is 6.40. The molecule has 1 aliphatic carbocycles. The van der Waals surface area contributed by atoms with Crippen LogP contribution >= 0.6 is 0 Å². The molecular formula is C17H18NO. The average molecular weight is 252 g/mol. The summed E-state index contributed by atoms with van der Waals surface area (Å²) in [5.41, 5.74) is 4.35. The van der Waals surface area contributed by atoms with Crippen LogP contribution in [-0.4, -0.2) is 10.4 Å². The Morgan fingerprint density at radius 2 is 1.89 bits per heavy atom. The van der Waals surface area contributed by atoms with Gasteiger partial charge in [-0.05, 0) is 43.0 Å². The average Bonchev–Trinajstić information content (AvgIpc) is 2.65. The lowest BCUT2D eigenvalue weighted by molar-refractivity contribution is 0.0911. The van der Waals surface area contributed by atoms with Crippen LogP contribution in [0.3, 0.4) is 0 Å². The largest absolute Gasteiger partial charge is 0.317 e. The van der Waals surface area contributed by atoms with Crippen LogP contribution < -0.4 is 0 Å². The minimum Gasteiger partial charge on any atom is -0.317 e. The number of benzene rings is 1. The minimum atomic E-state index is 0.0491. The molecule has 0 N–H and O–H groups in total. The SMILES string of the molecule is Cc1cc2c(n1-c1cc[c]cc1)CC(C)(C)CC2=O. The van der Waals surface area contributed by atoms with Gasteiger partial charge in [0.1, 0.15) is 0 Å². The molecule has 2 nitrogen and oxygen atoms in total. The van der Waals surface area contributed by atoms with E-state index in [4.69, 9.17) is 0 Å². The van der Waals surface area contributed by atoms with Crippen LogP contribution in [0.1, 0.15) is 42.0 Å². The molecule has 3 rings (SSSR count). The first kappa shape index (κ1) is 12.2. The van der Waals surface area contributed by atoms with Crippen molar-refractivity contribution in [1.29, 1.82) is 0 Å². The molecule has 1 aromatic heterocycles. The van der Waals surface area contributed by atoms with Gasteiger partial charge in [0.15, 0.2) is 5.78 Å². The van der Waals surface area contributed by atoms with Gasteiger partial charge in [-0.2, -0.15) is 0 Å². The lowest BCUT2D eigenvalue weighted by atomic mass is 9.76. The van der Waals surface area contributed by atoms with Gasteiger partial charge in [-0.15, -0.1) is 0 Å². The molecule has 0 atom stereocenters. The third-order valence-electron chi connectivity index (χ3n) is 3.83. The van der Waals surface area contributed by atoms with E-state index in [0.717, 1.165) is 29.1 Å². The van der Waals surface area contributed by atoms with Crippen LogP contribution in [0.2, 0.25) is 0 Å². The molecule has 1 aromatic carbocycles. The van der Waals surface area contributed by atoms with Crippen molar-refractivity contribution < 1.29 is 4.79 Å². The highest BCUT2D eigenvalue weighted by Gasteiger charge is 2.34. The Kier molecular flexibility index (Phi) is 2.63. The van der Waals surface area contributed by atoms with Gasteiger partial charge in [-0.3, -0.25) is 4.79 Å². The second-order valence-electron chi connectivity index (χ2n) is 6.18. The summed E-state index contributed by atoms with van der Waals surface area (Å²) in [6, 6.07) is 13.0. The molecule has 2 heteroatoms. The second-order valence-corrected chi connectivity index (χ2v) is 6.18. The van der Waals surface area contributed by atoms with Crippen molar-refractivity contribution >= 4 is 5.78 Å². The predicted molar refractivity (Wildman–Crippen MR) is 75.8 cm³/mol. The van der Waals surface area contributed by atoms with Crippen LogP contribution in [0.15, 0.2) is 30.3 Å². The number of aromatic nitrogens is 1. The Morgan fingerprint density at radius 1 is 1.21 bits per heavy atom. The maximum absolute atomic E-state index is 12.3. The number of ketones is 1. The first-order valence-corrected chi connectivity index (χ1v) is 6.69. The number of rotatable bonds is 1. The van der Waals surface area contributed by atoms with Crippen LogP contribution in [0.25, 0.3) is 5.69 Å². The second kappa shape index (κ2) is 4.09. The minimum absolute atomic E-state index is 0.0491. The smallest absolute Gasteiger partial charge is 0.165 e. The third-order valence-corrected chi connectivity index (χ3v) is 3.83. The van der Waals surface area contributed by atoms with Crippen molar-refractivity contribution in [2.75, 3.05) is 0 Å². The number of Topliss-reactive ketones (excluding diaryl/α,β-unsaturated/α-hetero) is 1. The zero-order valence-corrected chi connectivity index (χ0v) is 11.7. The molecule has 0 saturated heterocycles. The lowest BCUT2D eigenvalue weighted by Crippen LogP contribution is -2.27. The van der Waals surface area contributed by atoms with Crippen LogP contribution in [-0.2, 0) is 6.42 Å². The fourth-order valence-corrected chi connectivity index (χ4v) is 3.04. The highest BCUT2D eigenvalue weighted by molar-refractivity contribution is 5.99. The number of carbonyl (C=O) groups is 1. The number of carbonyl (C=O) groups excluding carboxylic acids is 1. The van der Waals surface area contributed by atoms with E-state index in [9.17, 15) is 4.79 Å². The van der Waals surface area contributed by atoms with Crippen molar-refractivity contribution in [3.8, 4) is 5.69 Å². The van der Waals surface area contributed by atoms with Gasteiger partial charge in [-0.25, -0.2) is 0 Å². The maximum atomic E-state index is 12.3. The molecule has 0 amide bonds. The van der Waals surface area contributed by atoms with Crippen LogP contribution in [0.5, 0.6) is 0 Å². The Balaban J connectivity index is 2.21. The molecule has 0 bridgehead atoms. The van der Waals surface area contributed by atoms with Gasteiger partial charge in [0, 0.05) is 29.1 Å². The van der Waals surface area contributed by atoms with E-state index >= 15 is 0 Å². The number of aryl methyl sites for hydroxylation is 1. The number of fused-ring (bicyclic) bond motifs is 1. The summed E-state index contributed by atoms with van der Waals surface area (Å²) in [5, 5.41) is 0. The first-order chi connectivity index (χ1) is 8.98. The quantitative estimate of drug-likeness (QED) is 0.757. The summed E-state index contributed by atoms with van der Waals surface area (Å²) < 4.78 is 2.21. The normalized spacial score (nSPS) is 17.3. The number of nitrogens with zero attached hydrogens (tertiary/aromatic N) is 1. The van der Waals surface area contributed by atoms with Gasteiger partial charge < -0.3 is 4.57 Å². The van der Waals surface area contributed by atoms with E-state index < -0.39 is 0 Å². The zero-order valence-electron chi connectivity index (χ0n) is 11.7.